The summed E-state index contributed by atoms with van der Waals surface area (Å²) in [5.41, 5.74) is -0.478. The molecule has 0 spiro atoms. The summed E-state index contributed by atoms with van der Waals surface area (Å²) < 4.78 is 70.1. The van der Waals surface area contributed by atoms with Crippen LogP contribution in [0.2, 0.25) is 10.0 Å². The maximum atomic E-state index is 14.5. The average Bonchev–Trinajstić information content (AvgIpc) is 3.06. The monoisotopic (exact) mass is 719 g/mol. The molecule has 4 aromatic rings. The van der Waals surface area contributed by atoms with Gasteiger partial charge in [-0.15, -0.1) is 0 Å². The number of halogens is 5. The lowest BCUT2D eigenvalue weighted by Crippen LogP contribution is -2.54. The Morgan fingerprint density at radius 3 is 2.02 bits per heavy atom. The van der Waals surface area contributed by atoms with Crippen molar-refractivity contribution in [1.29, 1.82) is 0 Å². The van der Waals surface area contributed by atoms with E-state index in [-0.39, 0.29) is 39.6 Å². The third kappa shape index (κ3) is 9.09. The van der Waals surface area contributed by atoms with Crippen LogP contribution in [-0.2, 0) is 38.8 Å². The Hall–Kier alpha value is -4.06. The fourth-order valence-electron chi connectivity index (χ4n) is 4.93. The zero-order chi connectivity index (χ0) is 35.1. The molecule has 7 nitrogen and oxygen atoms in total. The highest BCUT2D eigenvalue weighted by molar-refractivity contribution is 7.92. The fraction of sp³-hybridized carbons (Fsp3) is 0.257. The van der Waals surface area contributed by atoms with Crippen LogP contribution in [0, 0.1) is 0 Å². The van der Waals surface area contributed by atoms with E-state index >= 15 is 0 Å². The van der Waals surface area contributed by atoms with Crippen molar-refractivity contribution in [3.8, 4) is 0 Å². The van der Waals surface area contributed by atoms with E-state index in [1.807, 2.05) is 6.92 Å². The number of benzene rings is 4. The van der Waals surface area contributed by atoms with Crippen LogP contribution in [0.1, 0.15) is 37.0 Å². The number of carbonyl (C=O) groups excluding carboxylic acids is 2. The first-order valence-corrected chi connectivity index (χ1v) is 17.2. The van der Waals surface area contributed by atoms with Crippen molar-refractivity contribution in [2.75, 3.05) is 10.8 Å². The smallest absolute Gasteiger partial charge is 0.352 e. The summed E-state index contributed by atoms with van der Waals surface area (Å²) in [6, 6.07) is 23.0. The number of alkyl halides is 3. The molecule has 2 amide bonds. The van der Waals surface area contributed by atoms with E-state index in [1.165, 1.54) is 35.2 Å². The lowest BCUT2D eigenvalue weighted by Gasteiger charge is -2.34. The van der Waals surface area contributed by atoms with Gasteiger partial charge in [0.15, 0.2) is 0 Å². The van der Waals surface area contributed by atoms with E-state index in [9.17, 15) is 31.2 Å². The van der Waals surface area contributed by atoms with Gasteiger partial charge < -0.3 is 10.2 Å². The molecule has 0 aliphatic rings. The summed E-state index contributed by atoms with van der Waals surface area (Å²) in [5, 5.41) is 3.31. The first kappa shape index (κ1) is 36.8. The van der Waals surface area contributed by atoms with Crippen molar-refractivity contribution in [1.82, 2.24) is 10.2 Å². The summed E-state index contributed by atoms with van der Waals surface area (Å²) >= 11 is 13.0. The molecule has 13 heteroatoms. The van der Waals surface area contributed by atoms with Crippen molar-refractivity contribution in [2.24, 2.45) is 0 Å². The molecule has 4 rings (SSSR count). The maximum absolute atomic E-state index is 14.5. The molecule has 0 saturated heterocycles. The van der Waals surface area contributed by atoms with Crippen molar-refractivity contribution in [2.45, 2.75) is 56.4 Å². The molecule has 4 aromatic carbocycles. The molecule has 0 bridgehead atoms. The molecule has 0 heterocycles. The Morgan fingerprint density at radius 2 is 1.44 bits per heavy atom. The summed E-state index contributed by atoms with van der Waals surface area (Å²) in [5.74, 6) is -1.38. The summed E-state index contributed by atoms with van der Waals surface area (Å²) in [6.07, 6.45) is -4.16. The Kier molecular flexibility index (Phi) is 12.2. The quantitative estimate of drug-likeness (QED) is 0.153. The summed E-state index contributed by atoms with van der Waals surface area (Å²) in [4.78, 5) is 29.4. The first-order valence-electron chi connectivity index (χ1n) is 15.0. The third-order valence-corrected chi connectivity index (χ3v) is 10.2. The van der Waals surface area contributed by atoms with Gasteiger partial charge in [0.1, 0.15) is 12.6 Å². The van der Waals surface area contributed by atoms with E-state index in [4.69, 9.17) is 23.2 Å². The van der Waals surface area contributed by atoms with Crippen LogP contribution in [-0.4, -0.2) is 43.8 Å². The lowest BCUT2D eigenvalue weighted by molar-refractivity contribution is -0.140. The average molecular weight is 721 g/mol. The number of rotatable bonds is 13. The van der Waals surface area contributed by atoms with E-state index < -0.39 is 46.2 Å². The summed E-state index contributed by atoms with van der Waals surface area (Å²) in [6.45, 7) is 2.44. The predicted molar refractivity (Wildman–Crippen MR) is 181 cm³/mol. The molecule has 254 valence electrons. The molecular formula is C35H34Cl2F3N3O4S. The molecular weight excluding hydrogens is 686 g/mol. The van der Waals surface area contributed by atoms with Crippen molar-refractivity contribution in [3.63, 3.8) is 0 Å². The van der Waals surface area contributed by atoms with Gasteiger partial charge in [-0.05, 0) is 61.4 Å². The highest BCUT2D eigenvalue weighted by Crippen LogP contribution is 2.34. The van der Waals surface area contributed by atoms with Crippen LogP contribution < -0.4 is 9.62 Å². The maximum Gasteiger partial charge on any atom is 0.416 e. The molecule has 0 aliphatic carbocycles. The lowest BCUT2D eigenvalue weighted by atomic mass is 10.0. The van der Waals surface area contributed by atoms with Crippen molar-refractivity contribution < 1.29 is 31.2 Å². The zero-order valence-corrected chi connectivity index (χ0v) is 28.5. The van der Waals surface area contributed by atoms with Crippen LogP contribution in [0.15, 0.2) is 108 Å². The number of carbonyl (C=O) groups is 2. The summed E-state index contributed by atoms with van der Waals surface area (Å²) in [7, 11) is -4.60. The number of anilines is 1. The third-order valence-electron chi connectivity index (χ3n) is 7.73. The molecule has 0 fully saturated rings. The number of amides is 2. The van der Waals surface area contributed by atoms with E-state index in [0.717, 1.165) is 12.1 Å². The molecule has 0 radical (unpaired) electrons. The second-order valence-corrected chi connectivity index (χ2v) is 13.8. The SMILES string of the molecule is CC[C@@H](C)NC(=O)[C@@H](Cc1ccccc1)N(Cc1c(Cl)cccc1Cl)C(=O)CN(c1cccc(C(F)(F)F)c1)S(=O)(=O)c1ccccc1. The topological polar surface area (TPSA) is 86.8 Å². The van der Waals surface area contributed by atoms with Gasteiger partial charge in [0.05, 0.1) is 16.1 Å². The normalized spacial score (nSPS) is 13.0. The Bertz CT molecular complexity index is 1810. The van der Waals surface area contributed by atoms with Crippen LogP contribution in [0.4, 0.5) is 18.9 Å². The van der Waals surface area contributed by atoms with E-state index in [0.29, 0.717) is 27.9 Å². The van der Waals surface area contributed by atoms with Crippen LogP contribution >= 0.6 is 23.2 Å². The predicted octanol–water partition coefficient (Wildman–Crippen LogP) is 7.76. The van der Waals surface area contributed by atoms with Gasteiger partial charge in [0.2, 0.25) is 11.8 Å². The molecule has 0 unspecified atom stereocenters. The molecule has 1 N–H and O–H groups in total. The number of sulfonamides is 1. The number of hydrogen-bond acceptors (Lipinski definition) is 4. The van der Waals surface area contributed by atoms with Gasteiger partial charge in [0, 0.05) is 34.6 Å². The van der Waals surface area contributed by atoms with Crippen molar-refractivity contribution >= 4 is 50.7 Å². The minimum Gasteiger partial charge on any atom is -0.352 e. The fourth-order valence-corrected chi connectivity index (χ4v) is 6.88. The van der Waals surface area contributed by atoms with Gasteiger partial charge in [-0.25, -0.2) is 8.42 Å². The minimum absolute atomic E-state index is 0.0336. The van der Waals surface area contributed by atoms with E-state index in [2.05, 4.69) is 5.32 Å². The van der Waals surface area contributed by atoms with Gasteiger partial charge >= 0.3 is 6.18 Å². The second-order valence-electron chi connectivity index (χ2n) is 11.1. The number of nitrogens with zero attached hydrogens (tertiary/aromatic N) is 2. The Labute approximate surface area is 288 Å². The Morgan fingerprint density at radius 1 is 0.854 bits per heavy atom. The number of hydrogen-bond donors (Lipinski definition) is 1. The van der Waals surface area contributed by atoms with Crippen LogP contribution in [0.3, 0.4) is 0 Å². The highest BCUT2D eigenvalue weighted by atomic mass is 35.5. The van der Waals surface area contributed by atoms with Crippen LogP contribution in [0.5, 0.6) is 0 Å². The number of nitrogens with one attached hydrogen (secondary N) is 1. The van der Waals surface area contributed by atoms with Gasteiger partial charge in [-0.2, -0.15) is 13.2 Å². The molecule has 48 heavy (non-hydrogen) atoms. The Balaban J connectivity index is 1.87. The molecule has 0 aromatic heterocycles. The minimum atomic E-state index is -4.79. The first-order chi connectivity index (χ1) is 22.7. The van der Waals surface area contributed by atoms with E-state index in [1.54, 1.807) is 61.5 Å². The molecule has 0 aliphatic heterocycles. The van der Waals surface area contributed by atoms with Gasteiger partial charge in [-0.1, -0.05) is 90.8 Å². The largest absolute Gasteiger partial charge is 0.416 e. The van der Waals surface area contributed by atoms with Crippen molar-refractivity contribution in [3.05, 3.63) is 130 Å². The zero-order valence-electron chi connectivity index (χ0n) is 26.1. The molecule has 2 atom stereocenters. The second kappa shape index (κ2) is 15.9. The van der Waals surface area contributed by atoms with Crippen LogP contribution in [0.25, 0.3) is 0 Å². The highest BCUT2D eigenvalue weighted by Gasteiger charge is 2.37. The van der Waals surface area contributed by atoms with Gasteiger partial charge in [-0.3, -0.25) is 13.9 Å². The van der Waals surface area contributed by atoms with Gasteiger partial charge in [0.25, 0.3) is 10.0 Å². The standard InChI is InChI=1S/C35H34Cl2F3N3O4S/c1-3-24(2)41-34(45)32(20-25-12-6-4-7-13-25)42(22-29-30(36)18-11-19-31(29)37)33(44)23-43(48(46,47)28-16-8-5-9-17-28)27-15-10-14-26(21-27)35(38,39)40/h4-19,21,24,32H,3,20,22-23H2,1-2H3,(H,41,45)/t24-,32-/m1/s1. The molecule has 0 saturated carbocycles.